The summed E-state index contributed by atoms with van der Waals surface area (Å²) in [7, 11) is 0. The molecule has 2 rings (SSSR count). The topological polar surface area (TPSA) is 51.3 Å². The van der Waals surface area contributed by atoms with Crippen LogP contribution in [0, 0.1) is 0 Å². The van der Waals surface area contributed by atoms with Gasteiger partial charge in [0.1, 0.15) is 5.82 Å². The number of aliphatic imine (C=N–C) groups is 1. The lowest BCUT2D eigenvalue weighted by molar-refractivity contribution is 1.08. The number of aromatic nitrogens is 1. The summed E-state index contributed by atoms with van der Waals surface area (Å²) in [5.74, 6) is 0.513. The van der Waals surface area contributed by atoms with Crippen molar-refractivity contribution in [2.45, 2.75) is 6.54 Å². The third kappa shape index (κ3) is 2.67. The average molecular weight is 211 g/mol. The van der Waals surface area contributed by atoms with Crippen LogP contribution in [0.5, 0.6) is 0 Å². The molecule has 0 saturated heterocycles. The van der Waals surface area contributed by atoms with E-state index in [0.717, 1.165) is 5.56 Å². The van der Waals surface area contributed by atoms with Gasteiger partial charge in [-0.05, 0) is 17.7 Å². The van der Waals surface area contributed by atoms with Gasteiger partial charge in [-0.1, -0.05) is 30.3 Å². The summed E-state index contributed by atoms with van der Waals surface area (Å²) in [5.41, 5.74) is 7.74. The van der Waals surface area contributed by atoms with Crippen molar-refractivity contribution in [1.29, 1.82) is 0 Å². The van der Waals surface area contributed by atoms with Gasteiger partial charge in [0.25, 0.3) is 0 Å². The average Bonchev–Trinajstić information content (AvgIpc) is 2.33. The van der Waals surface area contributed by atoms with Crippen molar-refractivity contribution in [1.82, 2.24) is 4.98 Å². The molecule has 0 fully saturated rings. The number of nitrogens with zero attached hydrogens (tertiary/aromatic N) is 2. The number of rotatable bonds is 3. The molecule has 0 bridgehead atoms. The van der Waals surface area contributed by atoms with Crippen LogP contribution in [0.25, 0.3) is 0 Å². The van der Waals surface area contributed by atoms with Gasteiger partial charge in [-0.25, -0.2) is 4.98 Å². The third-order valence-corrected chi connectivity index (χ3v) is 2.22. The fourth-order valence-corrected chi connectivity index (χ4v) is 1.37. The largest absolute Gasteiger partial charge is 0.383 e. The molecule has 16 heavy (non-hydrogen) atoms. The second-order valence-corrected chi connectivity index (χ2v) is 3.43. The maximum absolute atomic E-state index is 5.70. The second-order valence-electron chi connectivity index (χ2n) is 3.43. The van der Waals surface area contributed by atoms with Crippen LogP contribution in [0.15, 0.2) is 53.7 Å². The highest BCUT2D eigenvalue weighted by Crippen LogP contribution is 2.04. The quantitative estimate of drug-likeness (QED) is 0.792. The highest BCUT2D eigenvalue weighted by molar-refractivity contribution is 5.85. The smallest absolute Gasteiger partial charge is 0.132 e. The van der Waals surface area contributed by atoms with E-state index in [1.165, 1.54) is 5.56 Å². The van der Waals surface area contributed by atoms with Crippen LogP contribution in [-0.4, -0.2) is 11.2 Å². The molecule has 1 aromatic heterocycles. The number of anilines is 1. The number of pyridine rings is 1. The van der Waals surface area contributed by atoms with Crippen molar-refractivity contribution in [3.05, 3.63) is 59.8 Å². The summed E-state index contributed by atoms with van der Waals surface area (Å²) >= 11 is 0. The van der Waals surface area contributed by atoms with Gasteiger partial charge in [0.2, 0.25) is 0 Å². The molecular formula is C13H13N3. The summed E-state index contributed by atoms with van der Waals surface area (Å²) in [6, 6.07) is 13.8. The highest BCUT2D eigenvalue weighted by atomic mass is 14.8. The second kappa shape index (κ2) is 5.07. The Kier molecular flexibility index (Phi) is 3.28. The number of hydrogen-bond acceptors (Lipinski definition) is 3. The van der Waals surface area contributed by atoms with Gasteiger partial charge in [-0.2, -0.15) is 0 Å². The van der Waals surface area contributed by atoms with Crippen LogP contribution < -0.4 is 5.73 Å². The number of nitrogens with two attached hydrogens (primary N) is 1. The van der Waals surface area contributed by atoms with Crippen LogP contribution in [0.1, 0.15) is 11.1 Å². The molecule has 3 heteroatoms. The molecule has 0 saturated carbocycles. The minimum Gasteiger partial charge on any atom is -0.383 e. The summed E-state index contributed by atoms with van der Waals surface area (Å²) in [6.07, 6.45) is 3.43. The Morgan fingerprint density at radius 1 is 1.12 bits per heavy atom. The molecule has 0 spiro atoms. The third-order valence-electron chi connectivity index (χ3n) is 2.22. The Morgan fingerprint density at radius 2 is 1.94 bits per heavy atom. The van der Waals surface area contributed by atoms with E-state index in [4.69, 9.17) is 5.73 Å². The van der Waals surface area contributed by atoms with Crippen LogP contribution in [-0.2, 0) is 6.54 Å². The molecule has 0 radical (unpaired) electrons. The Hall–Kier alpha value is -2.16. The maximum atomic E-state index is 5.70. The molecule has 0 aliphatic heterocycles. The molecule has 0 unspecified atom stereocenters. The minimum atomic E-state index is 0.513. The zero-order valence-electron chi connectivity index (χ0n) is 8.88. The van der Waals surface area contributed by atoms with Crippen molar-refractivity contribution in [3.8, 4) is 0 Å². The molecule has 3 nitrogen and oxygen atoms in total. The van der Waals surface area contributed by atoms with Gasteiger partial charge in [-0.3, -0.25) is 4.99 Å². The summed E-state index contributed by atoms with van der Waals surface area (Å²) in [4.78, 5) is 8.32. The number of benzene rings is 1. The van der Waals surface area contributed by atoms with E-state index in [1.54, 1.807) is 12.4 Å². The summed E-state index contributed by atoms with van der Waals surface area (Å²) in [5, 5.41) is 0. The van der Waals surface area contributed by atoms with Crippen LogP contribution in [0.2, 0.25) is 0 Å². The van der Waals surface area contributed by atoms with Gasteiger partial charge >= 0.3 is 0 Å². The Bertz CT molecular complexity index is 478. The SMILES string of the molecule is Nc1ncccc1C=NCc1ccccc1. The van der Waals surface area contributed by atoms with Crippen LogP contribution in [0.4, 0.5) is 5.82 Å². The first-order valence-corrected chi connectivity index (χ1v) is 5.10. The van der Waals surface area contributed by atoms with Crippen molar-refractivity contribution in [2.75, 3.05) is 5.73 Å². The van der Waals surface area contributed by atoms with E-state index in [9.17, 15) is 0 Å². The molecule has 0 amide bonds. The lowest BCUT2D eigenvalue weighted by Crippen LogP contribution is -1.95. The zero-order chi connectivity index (χ0) is 11.2. The number of nitrogen functional groups attached to an aromatic ring is 1. The van der Waals surface area contributed by atoms with Gasteiger partial charge in [-0.15, -0.1) is 0 Å². The number of hydrogen-bond donors (Lipinski definition) is 1. The van der Waals surface area contributed by atoms with Crippen molar-refractivity contribution >= 4 is 12.0 Å². The van der Waals surface area contributed by atoms with Crippen molar-refractivity contribution < 1.29 is 0 Å². The van der Waals surface area contributed by atoms with E-state index in [1.807, 2.05) is 42.5 Å². The van der Waals surface area contributed by atoms with Crippen molar-refractivity contribution in [3.63, 3.8) is 0 Å². The van der Waals surface area contributed by atoms with E-state index in [-0.39, 0.29) is 0 Å². The highest BCUT2D eigenvalue weighted by Gasteiger charge is 1.93. The predicted molar refractivity (Wildman–Crippen MR) is 66.4 cm³/mol. The van der Waals surface area contributed by atoms with Gasteiger partial charge in [0, 0.05) is 18.0 Å². The van der Waals surface area contributed by atoms with Crippen LogP contribution >= 0.6 is 0 Å². The Labute approximate surface area is 94.7 Å². The summed E-state index contributed by atoms with van der Waals surface area (Å²) in [6.45, 7) is 0.662. The molecule has 0 aliphatic rings. The first-order valence-electron chi connectivity index (χ1n) is 5.10. The molecule has 80 valence electrons. The molecule has 0 atom stereocenters. The first-order chi connectivity index (χ1) is 7.86. The van der Waals surface area contributed by atoms with Crippen LogP contribution in [0.3, 0.4) is 0 Å². The summed E-state index contributed by atoms with van der Waals surface area (Å²) < 4.78 is 0. The zero-order valence-corrected chi connectivity index (χ0v) is 8.88. The minimum absolute atomic E-state index is 0.513. The van der Waals surface area contributed by atoms with E-state index in [0.29, 0.717) is 12.4 Å². The molecule has 1 aromatic carbocycles. The standard InChI is InChI=1S/C13H13N3/c14-13-12(7-4-8-16-13)10-15-9-11-5-2-1-3-6-11/h1-8,10H,9H2,(H2,14,16). The van der Waals surface area contributed by atoms with E-state index < -0.39 is 0 Å². The maximum Gasteiger partial charge on any atom is 0.132 e. The Morgan fingerprint density at radius 3 is 2.69 bits per heavy atom. The first kappa shape index (κ1) is 10.4. The molecule has 0 aliphatic carbocycles. The molecular weight excluding hydrogens is 198 g/mol. The lowest BCUT2D eigenvalue weighted by atomic mass is 10.2. The molecule has 1 heterocycles. The normalized spacial score (nSPS) is 10.8. The van der Waals surface area contributed by atoms with Gasteiger partial charge in [0.15, 0.2) is 0 Å². The monoisotopic (exact) mass is 211 g/mol. The fourth-order valence-electron chi connectivity index (χ4n) is 1.37. The molecule has 2 aromatic rings. The van der Waals surface area contributed by atoms with E-state index in [2.05, 4.69) is 9.98 Å². The van der Waals surface area contributed by atoms with Crippen molar-refractivity contribution in [2.24, 2.45) is 4.99 Å². The Balaban J connectivity index is 2.03. The molecule has 2 N–H and O–H groups in total. The van der Waals surface area contributed by atoms with Gasteiger partial charge < -0.3 is 5.73 Å². The van der Waals surface area contributed by atoms with Gasteiger partial charge in [0.05, 0.1) is 6.54 Å². The lowest BCUT2D eigenvalue weighted by Gasteiger charge is -1.97. The van der Waals surface area contributed by atoms with E-state index >= 15 is 0 Å². The fraction of sp³-hybridized carbons (Fsp3) is 0.0769. The predicted octanol–water partition coefficient (Wildman–Crippen LogP) is 2.28.